The summed E-state index contributed by atoms with van der Waals surface area (Å²) in [4.78, 5) is 13.5. The van der Waals surface area contributed by atoms with Crippen molar-refractivity contribution in [3.8, 4) is 11.5 Å². The molecule has 0 aromatic heterocycles. The maximum Gasteiger partial charge on any atom is 0.255 e. The number of hydrogen-bond acceptors (Lipinski definition) is 4. The minimum absolute atomic E-state index is 0.120. The van der Waals surface area contributed by atoms with E-state index >= 15 is 0 Å². The summed E-state index contributed by atoms with van der Waals surface area (Å²) in [6.45, 7) is 3.02. The number of carbonyl (C=O) groups is 1. The van der Waals surface area contributed by atoms with Crippen molar-refractivity contribution in [1.29, 1.82) is 0 Å². The Hall–Kier alpha value is -2.14. The highest BCUT2D eigenvalue weighted by Crippen LogP contribution is 2.32. The molecular weight excluding hydrogens is 298 g/mol. The normalized spacial score (nSPS) is 12.8. The van der Waals surface area contributed by atoms with Gasteiger partial charge in [0.15, 0.2) is 11.5 Å². The number of ether oxygens (including phenoxy) is 2. The first-order valence-electron chi connectivity index (χ1n) is 7.03. The first-order chi connectivity index (χ1) is 10.7. The van der Waals surface area contributed by atoms with Gasteiger partial charge < -0.3 is 14.8 Å². The molecule has 1 N–H and O–H groups in total. The molecule has 0 aliphatic carbocycles. The number of anilines is 1. The fraction of sp³-hybridized carbons (Fsp3) is 0.235. The van der Waals surface area contributed by atoms with Crippen LogP contribution in [0.15, 0.2) is 41.3 Å². The van der Waals surface area contributed by atoms with E-state index in [1.165, 1.54) is 0 Å². The summed E-state index contributed by atoms with van der Waals surface area (Å²) in [5.74, 6) is 1.26. The van der Waals surface area contributed by atoms with Crippen LogP contribution in [0, 0.1) is 6.92 Å². The lowest BCUT2D eigenvalue weighted by Gasteiger charge is -2.19. The van der Waals surface area contributed by atoms with Gasteiger partial charge >= 0.3 is 0 Å². The molecule has 5 heteroatoms. The maximum atomic E-state index is 12.5. The van der Waals surface area contributed by atoms with Gasteiger partial charge in [-0.05, 0) is 43.0 Å². The molecule has 0 atom stereocenters. The monoisotopic (exact) mass is 315 g/mol. The van der Waals surface area contributed by atoms with Gasteiger partial charge in [0, 0.05) is 22.2 Å². The molecule has 0 radical (unpaired) electrons. The smallest absolute Gasteiger partial charge is 0.255 e. The maximum absolute atomic E-state index is 12.5. The van der Waals surface area contributed by atoms with Crippen LogP contribution < -0.4 is 14.8 Å². The molecule has 0 spiro atoms. The lowest BCUT2D eigenvalue weighted by Crippen LogP contribution is -2.17. The average molecular weight is 315 g/mol. The molecule has 1 amide bonds. The van der Waals surface area contributed by atoms with E-state index in [1.807, 2.05) is 43.5 Å². The van der Waals surface area contributed by atoms with Gasteiger partial charge in [0.05, 0.1) is 0 Å². The molecule has 3 rings (SSSR count). The number of thioether (sulfide) groups is 1. The topological polar surface area (TPSA) is 47.6 Å². The number of aryl methyl sites for hydroxylation is 1. The van der Waals surface area contributed by atoms with Gasteiger partial charge in [0.2, 0.25) is 0 Å². The van der Waals surface area contributed by atoms with E-state index in [1.54, 1.807) is 17.8 Å². The van der Waals surface area contributed by atoms with Crippen molar-refractivity contribution in [2.75, 3.05) is 24.8 Å². The van der Waals surface area contributed by atoms with Crippen molar-refractivity contribution < 1.29 is 14.3 Å². The van der Waals surface area contributed by atoms with E-state index in [4.69, 9.17) is 9.47 Å². The highest BCUT2D eigenvalue weighted by Gasteiger charge is 2.14. The summed E-state index contributed by atoms with van der Waals surface area (Å²) in [6.07, 6.45) is 1.99. The van der Waals surface area contributed by atoms with Crippen molar-refractivity contribution in [3.63, 3.8) is 0 Å². The minimum atomic E-state index is -0.120. The van der Waals surface area contributed by atoms with Gasteiger partial charge in [-0.2, -0.15) is 0 Å². The van der Waals surface area contributed by atoms with Crippen molar-refractivity contribution in [3.05, 3.63) is 47.5 Å². The van der Waals surface area contributed by atoms with Gasteiger partial charge in [-0.1, -0.05) is 6.07 Å². The third-order valence-electron chi connectivity index (χ3n) is 3.49. The lowest BCUT2D eigenvalue weighted by molar-refractivity contribution is 0.102. The Morgan fingerprint density at radius 2 is 1.86 bits per heavy atom. The van der Waals surface area contributed by atoms with E-state index in [0.717, 1.165) is 10.5 Å². The zero-order valence-corrected chi connectivity index (χ0v) is 13.3. The first-order valence-corrected chi connectivity index (χ1v) is 8.25. The van der Waals surface area contributed by atoms with Crippen LogP contribution in [0.1, 0.15) is 15.9 Å². The number of hydrogen-bond donors (Lipinski definition) is 1. The Morgan fingerprint density at radius 3 is 2.64 bits per heavy atom. The molecule has 0 unspecified atom stereocenters. The Kier molecular flexibility index (Phi) is 4.24. The number of nitrogens with one attached hydrogen (secondary N) is 1. The Labute approximate surface area is 133 Å². The van der Waals surface area contributed by atoms with Crippen LogP contribution in [0.5, 0.6) is 11.5 Å². The van der Waals surface area contributed by atoms with Gasteiger partial charge in [-0.25, -0.2) is 0 Å². The highest BCUT2D eigenvalue weighted by atomic mass is 32.2. The second-order valence-electron chi connectivity index (χ2n) is 4.99. The molecule has 1 aliphatic rings. The quantitative estimate of drug-likeness (QED) is 0.877. The summed E-state index contributed by atoms with van der Waals surface area (Å²) in [7, 11) is 0. The number of benzene rings is 2. The zero-order valence-electron chi connectivity index (χ0n) is 12.5. The predicted molar refractivity (Wildman–Crippen MR) is 88.3 cm³/mol. The van der Waals surface area contributed by atoms with Gasteiger partial charge in [0.25, 0.3) is 5.91 Å². The molecule has 4 nitrogen and oxygen atoms in total. The van der Waals surface area contributed by atoms with Crippen molar-refractivity contribution in [2.24, 2.45) is 0 Å². The van der Waals surface area contributed by atoms with E-state index < -0.39 is 0 Å². The van der Waals surface area contributed by atoms with E-state index in [-0.39, 0.29) is 5.91 Å². The molecule has 2 aromatic carbocycles. The molecule has 114 valence electrons. The van der Waals surface area contributed by atoms with Crippen molar-refractivity contribution >= 4 is 23.4 Å². The largest absolute Gasteiger partial charge is 0.486 e. The van der Waals surface area contributed by atoms with E-state index in [2.05, 4.69) is 5.32 Å². The Balaban J connectivity index is 1.82. The van der Waals surface area contributed by atoms with Crippen LogP contribution in [0.3, 0.4) is 0 Å². The van der Waals surface area contributed by atoms with Gasteiger partial charge in [-0.15, -0.1) is 11.8 Å². The third-order valence-corrected chi connectivity index (χ3v) is 4.21. The SMILES string of the molecule is CSc1ccc(C)c(C(=O)Nc2ccc3c(c2)OCCO3)c1. The Morgan fingerprint density at radius 1 is 1.09 bits per heavy atom. The summed E-state index contributed by atoms with van der Waals surface area (Å²) in [5, 5.41) is 2.92. The molecule has 0 bridgehead atoms. The molecule has 1 heterocycles. The number of fused-ring (bicyclic) bond motifs is 1. The zero-order chi connectivity index (χ0) is 15.5. The summed E-state index contributed by atoms with van der Waals surface area (Å²) in [6, 6.07) is 11.3. The average Bonchev–Trinajstić information content (AvgIpc) is 2.55. The van der Waals surface area contributed by atoms with Crippen LogP contribution >= 0.6 is 11.8 Å². The van der Waals surface area contributed by atoms with Crippen molar-refractivity contribution in [1.82, 2.24) is 0 Å². The number of amides is 1. The van der Waals surface area contributed by atoms with E-state index in [9.17, 15) is 4.79 Å². The molecule has 0 fully saturated rings. The van der Waals surface area contributed by atoms with Crippen LogP contribution in [0.2, 0.25) is 0 Å². The number of rotatable bonds is 3. The van der Waals surface area contributed by atoms with Crippen LogP contribution in [0.4, 0.5) is 5.69 Å². The third kappa shape index (κ3) is 3.04. The summed E-state index contributed by atoms with van der Waals surface area (Å²) < 4.78 is 11.0. The van der Waals surface area contributed by atoms with Crippen LogP contribution in [0.25, 0.3) is 0 Å². The van der Waals surface area contributed by atoms with Crippen LogP contribution in [-0.2, 0) is 0 Å². The first kappa shape index (κ1) is 14.8. The van der Waals surface area contributed by atoms with Crippen LogP contribution in [-0.4, -0.2) is 25.4 Å². The predicted octanol–water partition coefficient (Wildman–Crippen LogP) is 3.74. The highest BCUT2D eigenvalue weighted by molar-refractivity contribution is 7.98. The fourth-order valence-electron chi connectivity index (χ4n) is 2.29. The summed E-state index contributed by atoms with van der Waals surface area (Å²) >= 11 is 1.62. The standard InChI is InChI=1S/C17H17NO3S/c1-11-3-5-13(22-2)10-14(11)17(19)18-12-4-6-15-16(9-12)21-8-7-20-15/h3-6,9-10H,7-8H2,1-2H3,(H,18,19). The molecule has 0 saturated heterocycles. The van der Waals surface area contributed by atoms with Crippen molar-refractivity contribution in [2.45, 2.75) is 11.8 Å². The second-order valence-corrected chi connectivity index (χ2v) is 5.87. The van der Waals surface area contributed by atoms with Gasteiger partial charge in [0.1, 0.15) is 13.2 Å². The molecular formula is C17H17NO3S. The minimum Gasteiger partial charge on any atom is -0.486 e. The fourth-order valence-corrected chi connectivity index (χ4v) is 2.73. The number of carbonyl (C=O) groups excluding carboxylic acids is 1. The molecule has 1 aliphatic heterocycles. The molecule has 2 aromatic rings. The van der Waals surface area contributed by atoms with Gasteiger partial charge in [-0.3, -0.25) is 4.79 Å². The lowest BCUT2D eigenvalue weighted by atomic mass is 10.1. The van der Waals surface area contributed by atoms with E-state index in [0.29, 0.717) is 36.0 Å². The Bertz CT molecular complexity index is 715. The molecule has 0 saturated carbocycles. The summed E-state index contributed by atoms with van der Waals surface area (Å²) in [5.41, 5.74) is 2.33. The molecule has 22 heavy (non-hydrogen) atoms. The second kappa shape index (κ2) is 6.32.